The Labute approximate surface area is 117 Å². The van der Waals surface area contributed by atoms with Gasteiger partial charge in [0.2, 0.25) is 5.91 Å². The van der Waals surface area contributed by atoms with E-state index in [9.17, 15) is 9.59 Å². The number of hydrogen-bond donors (Lipinski definition) is 3. The summed E-state index contributed by atoms with van der Waals surface area (Å²) in [4.78, 5) is 23.3. The summed E-state index contributed by atoms with van der Waals surface area (Å²) in [6.45, 7) is 2.67. The predicted octanol–water partition coefficient (Wildman–Crippen LogP) is -0.0765. The molecule has 5 nitrogen and oxygen atoms in total. The van der Waals surface area contributed by atoms with Crippen molar-refractivity contribution in [1.29, 1.82) is 0 Å². The van der Waals surface area contributed by atoms with Crippen LogP contribution in [0.15, 0.2) is 18.2 Å². The molecule has 2 rings (SSSR count). The highest BCUT2D eigenvalue weighted by Gasteiger charge is 2.23. The van der Waals surface area contributed by atoms with Crippen LogP contribution in [0, 0.1) is 18.8 Å². The van der Waals surface area contributed by atoms with E-state index >= 15 is 0 Å². The fraction of sp³-hybridized carbons (Fsp3) is 0.333. The van der Waals surface area contributed by atoms with Crippen molar-refractivity contribution in [1.82, 2.24) is 10.6 Å². The molecule has 1 aliphatic rings. The van der Waals surface area contributed by atoms with Gasteiger partial charge in [0.25, 0.3) is 5.91 Å². The third-order valence-electron chi connectivity index (χ3n) is 2.99. The predicted molar refractivity (Wildman–Crippen MR) is 76.0 cm³/mol. The number of carbonyl (C=O) groups excluding carboxylic acids is 2. The van der Waals surface area contributed by atoms with Crippen LogP contribution in [0.5, 0.6) is 0 Å². The number of carbonyl (C=O) groups is 2. The lowest BCUT2D eigenvalue weighted by Crippen LogP contribution is -2.36. The smallest absolute Gasteiger partial charge is 0.251 e. The highest BCUT2D eigenvalue weighted by Crippen LogP contribution is 2.10. The zero-order valence-electron chi connectivity index (χ0n) is 11.3. The molecule has 5 heteroatoms. The molecule has 0 bridgehead atoms. The lowest BCUT2D eigenvalue weighted by molar-refractivity contribution is -0.119. The molecule has 1 saturated heterocycles. The van der Waals surface area contributed by atoms with Crippen LogP contribution in [0.2, 0.25) is 0 Å². The average molecular weight is 271 g/mol. The van der Waals surface area contributed by atoms with E-state index < -0.39 is 0 Å². The molecule has 1 heterocycles. The average Bonchev–Trinajstić information content (AvgIpc) is 2.81. The molecule has 1 fully saturated rings. The molecule has 1 aliphatic heterocycles. The van der Waals surface area contributed by atoms with Crippen LogP contribution in [0.25, 0.3) is 0 Å². The zero-order valence-corrected chi connectivity index (χ0v) is 11.3. The van der Waals surface area contributed by atoms with E-state index in [0.717, 1.165) is 11.1 Å². The molecule has 0 aliphatic carbocycles. The first-order valence-corrected chi connectivity index (χ1v) is 6.46. The largest absolute Gasteiger partial charge is 0.354 e. The minimum atomic E-state index is -0.189. The number of aryl methyl sites for hydroxylation is 1. The third kappa shape index (κ3) is 3.59. The van der Waals surface area contributed by atoms with Crippen LogP contribution in [-0.2, 0) is 4.79 Å². The van der Waals surface area contributed by atoms with Gasteiger partial charge in [0.15, 0.2) is 0 Å². The summed E-state index contributed by atoms with van der Waals surface area (Å²) in [5, 5.41) is 5.53. The SMILES string of the molecule is Cc1cc(C#CCN)cc(C(=O)NC2CNC(=O)C2)c1. The minimum Gasteiger partial charge on any atom is -0.354 e. The van der Waals surface area contributed by atoms with Crippen LogP contribution in [-0.4, -0.2) is 30.9 Å². The van der Waals surface area contributed by atoms with Gasteiger partial charge in [-0.3, -0.25) is 9.59 Å². The fourth-order valence-electron chi connectivity index (χ4n) is 2.12. The zero-order chi connectivity index (χ0) is 14.5. The molecule has 0 saturated carbocycles. The Kier molecular flexibility index (Phi) is 4.38. The number of rotatable bonds is 2. The highest BCUT2D eigenvalue weighted by molar-refractivity contribution is 5.95. The quantitative estimate of drug-likeness (QED) is 0.658. The van der Waals surface area contributed by atoms with Crippen molar-refractivity contribution in [3.8, 4) is 11.8 Å². The lowest BCUT2D eigenvalue weighted by atomic mass is 10.1. The van der Waals surface area contributed by atoms with Crippen molar-refractivity contribution < 1.29 is 9.59 Å². The van der Waals surface area contributed by atoms with E-state index in [1.54, 1.807) is 12.1 Å². The van der Waals surface area contributed by atoms with Crippen LogP contribution >= 0.6 is 0 Å². The molecule has 0 aromatic heterocycles. The van der Waals surface area contributed by atoms with E-state index in [0.29, 0.717) is 18.5 Å². The maximum absolute atomic E-state index is 12.2. The van der Waals surface area contributed by atoms with Gasteiger partial charge in [0.05, 0.1) is 12.6 Å². The van der Waals surface area contributed by atoms with Gasteiger partial charge in [-0.15, -0.1) is 0 Å². The number of nitrogens with two attached hydrogens (primary N) is 1. The summed E-state index contributed by atoms with van der Waals surface area (Å²) in [6.07, 6.45) is 0.331. The number of nitrogens with one attached hydrogen (secondary N) is 2. The molecule has 20 heavy (non-hydrogen) atoms. The van der Waals surface area contributed by atoms with Gasteiger partial charge in [0, 0.05) is 24.1 Å². The Hall–Kier alpha value is -2.32. The van der Waals surface area contributed by atoms with Crippen molar-refractivity contribution in [2.45, 2.75) is 19.4 Å². The first-order valence-electron chi connectivity index (χ1n) is 6.46. The third-order valence-corrected chi connectivity index (χ3v) is 2.99. The summed E-state index contributed by atoms with van der Waals surface area (Å²) in [7, 11) is 0. The van der Waals surface area contributed by atoms with Gasteiger partial charge in [-0.25, -0.2) is 0 Å². The normalized spacial score (nSPS) is 17.1. The van der Waals surface area contributed by atoms with Gasteiger partial charge in [-0.05, 0) is 30.7 Å². The molecule has 0 spiro atoms. The van der Waals surface area contributed by atoms with E-state index in [1.807, 2.05) is 13.0 Å². The summed E-state index contributed by atoms with van der Waals surface area (Å²) < 4.78 is 0. The van der Waals surface area contributed by atoms with E-state index in [4.69, 9.17) is 5.73 Å². The molecule has 1 atom stereocenters. The summed E-state index contributed by atoms with van der Waals surface area (Å²) in [5.41, 5.74) is 7.61. The van der Waals surface area contributed by atoms with Gasteiger partial charge in [0.1, 0.15) is 0 Å². The molecule has 1 aromatic carbocycles. The molecule has 104 valence electrons. The van der Waals surface area contributed by atoms with Gasteiger partial charge < -0.3 is 16.4 Å². The highest BCUT2D eigenvalue weighted by atomic mass is 16.2. The second kappa shape index (κ2) is 6.22. The van der Waals surface area contributed by atoms with Gasteiger partial charge >= 0.3 is 0 Å². The molecule has 2 amide bonds. The van der Waals surface area contributed by atoms with E-state index in [1.165, 1.54) is 0 Å². The molecular weight excluding hydrogens is 254 g/mol. The number of hydrogen-bond acceptors (Lipinski definition) is 3. The second-order valence-electron chi connectivity index (χ2n) is 4.77. The Balaban J connectivity index is 2.13. The lowest BCUT2D eigenvalue weighted by Gasteiger charge is -2.11. The first-order chi connectivity index (χ1) is 9.58. The summed E-state index contributed by atoms with van der Waals surface area (Å²) in [5.74, 6) is 5.47. The Morgan fingerprint density at radius 1 is 1.50 bits per heavy atom. The standard InChI is InChI=1S/C15H17N3O2/c1-10-5-11(3-2-4-16)7-12(6-10)15(20)18-13-8-14(19)17-9-13/h5-7,13H,4,8-9,16H2,1H3,(H,17,19)(H,18,20). The van der Waals surface area contributed by atoms with E-state index in [2.05, 4.69) is 22.5 Å². The van der Waals surface area contributed by atoms with E-state index in [-0.39, 0.29) is 24.4 Å². The summed E-state index contributed by atoms with van der Waals surface area (Å²) in [6, 6.07) is 5.29. The molecule has 1 unspecified atom stereocenters. The molecule has 4 N–H and O–H groups in total. The minimum absolute atomic E-state index is 0.0333. The Bertz CT molecular complexity index is 599. The van der Waals surface area contributed by atoms with Crippen LogP contribution < -0.4 is 16.4 Å². The Morgan fingerprint density at radius 2 is 2.30 bits per heavy atom. The Morgan fingerprint density at radius 3 is 2.95 bits per heavy atom. The summed E-state index contributed by atoms with van der Waals surface area (Å²) >= 11 is 0. The molecular formula is C15H17N3O2. The van der Waals surface area contributed by atoms with Crippen LogP contribution in [0.4, 0.5) is 0 Å². The van der Waals surface area contributed by atoms with Crippen LogP contribution in [0.1, 0.15) is 27.9 Å². The maximum atomic E-state index is 12.2. The first kappa shape index (κ1) is 14.1. The van der Waals surface area contributed by atoms with Crippen molar-refractivity contribution in [2.75, 3.05) is 13.1 Å². The second-order valence-corrected chi connectivity index (χ2v) is 4.77. The molecule has 1 aromatic rings. The monoisotopic (exact) mass is 271 g/mol. The van der Waals surface area contributed by atoms with Crippen LogP contribution in [0.3, 0.4) is 0 Å². The van der Waals surface area contributed by atoms with Crippen molar-refractivity contribution >= 4 is 11.8 Å². The maximum Gasteiger partial charge on any atom is 0.251 e. The van der Waals surface area contributed by atoms with Gasteiger partial charge in [-0.2, -0.15) is 0 Å². The van der Waals surface area contributed by atoms with Gasteiger partial charge in [-0.1, -0.05) is 11.8 Å². The van der Waals surface area contributed by atoms with Crippen molar-refractivity contribution in [3.05, 3.63) is 34.9 Å². The van der Waals surface area contributed by atoms with Crippen molar-refractivity contribution in [2.24, 2.45) is 5.73 Å². The number of benzene rings is 1. The fourth-order valence-corrected chi connectivity index (χ4v) is 2.12. The topological polar surface area (TPSA) is 84.2 Å². The van der Waals surface area contributed by atoms with Crippen molar-refractivity contribution in [3.63, 3.8) is 0 Å². The number of amides is 2. The molecule has 0 radical (unpaired) electrons.